The van der Waals surface area contributed by atoms with E-state index in [9.17, 15) is 9.59 Å². The van der Waals surface area contributed by atoms with Gasteiger partial charge in [0.15, 0.2) is 6.10 Å². The first-order valence-corrected chi connectivity index (χ1v) is 10.5. The number of rotatable bonds is 4. The van der Waals surface area contributed by atoms with Gasteiger partial charge in [0.25, 0.3) is 5.91 Å². The second kappa shape index (κ2) is 8.98. The first kappa shape index (κ1) is 20.6. The Morgan fingerprint density at radius 1 is 1.00 bits per heavy atom. The SMILES string of the molecule is Cc1ccc(C2C(C(=O)N3CCN(Cc4ccccc4)CC3)OCC(=O)N2C)cc1. The second-order valence-corrected chi connectivity index (χ2v) is 8.18. The van der Waals surface area contributed by atoms with Crippen LogP contribution in [-0.4, -0.2) is 72.5 Å². The third-order valence-electron chi connectivity index (χ3n) is 6.08. The molecule has 6 nitrogen and oxygen atoms in total. The summed E-state index contributed by atoms with van der Waals surface area (Å²) in [7, 11) is 1.76. The van der Waals surface area contributed by atoms with Gasteiger partial charge in [0.2, 0.25) is 5.91 Å². The maximum atomic E-state index is 13.4. The molecule has 0 spiro atoms. The second-order valence-electron chi connectivity index (χ2n) is 8.18. The van der Waals surface area contributed by atoms with Gasteiger partial charge in [-0.25, -0.2) is 0 Å². The first-order chi connectivity index (χ1) is 14.5. The Bertz CT molecular complexity index is 876. The Morgan fingerprint density at radius 2 is 1.67 bits per heavy atom. The molecule has 2 aliphatic rings. The third-order valence-corrected chi connectivity index (χ3v) is 6.08. The molecule has 2 unspecified atom stereocenters. The topological polar surface area (TPSA) is 53.1 Å². The number of hydrogen-bond donors (Lipinski definition) is 0. The molecular formula is C24H29N3O3. The molecule has 0 aromatic heterocycles. The molecule has 2 heterocycles. The van der Waals surface area contributed by atoms with Crippen molar-refractivity contribution < 1.29 is 14.3 Å². The maximum Gasteiger partial charge on any atom is 0.254 e. The molecule has 158 valence electrons. The van der Waals surface area contributed by atoms with Crippen molar-refractivity contribution >= 4 is 11.8 Å². The summed E-state index contributed by atoms with van der Waals surface area (Å²) in [5, 5.41) is 0. The Kier molecular flexibility index (Phi) is 6.16. The van der Waals surface area contributed by atoms with Gasteiger partial charge >= 0.3 is 0 Å². The quantitative estimate of drug-likeness (QED) is 0.780. The van der Waals surface area contributed by atoms with Crippen molar-refractivity contribution in [2.45, 2.75) is 25.6 Å². The van der Waals surface area contributed by atoms with Crippen molar-refractivity contribution in [1.29, 1.82) is 0 Å². The number of likely N-dealkylation sites (N-methyl/N-ethyl adjacent to an activating group) is 1. The van der Waals surface area contributed by atoms with Crippen LogP contribution in [0.3, 0.4) is 0 Å². The van der Waals surface area contributed by atoms with E-state index in [1.807, 2.05) is 42.2 Å². The molecule has 0 N–H and O–H groups in total. The Labute approximate surface area is 178 Å². The molecule has 2 saturated heterocycles. The highest BCUT2D eigenvalue weighted by atomic mass is 16.5. The lowest BCUT2D eigenvalue weighted by molar-refractivity contribution is -0.168. The Balaban J connectivity index is 1.43. The first-order valence-electron chi connectivity index (χ1n) is 10.5. The van der Waals surface area contributed by atoms with E-state index < -0.39 is 12.1 Å². The lowest BCUT2D eigenvalue weighted by atomic mass is 9.96. The van der Waals surface area contributed by atoms with E-state index in [1.54, 1.807) is 11.9 Å². The van der Waals surface area contributed by atoms with Gasteiger partial charge in [0.1, 0.15) is 6.61 Å². The minimum Gasteiger partial charge on any atom is -0.356 e. The predicted molar refractivity (Wildman–Crippen MR) is 115 cm³/mol. The van der Waals surface area contributed by atoms with Gasteiger partial charge in [0.05, 0.1) is 6.04 Å². The van der Waals surface area contributed by atoms with E-state index >= 15 is 0 Å². The van der Waals surface area contributed by atoms with Crippen molar-refractivity contribution in [1.82, 2.24) is 14.7 Å². The van der Waals surface area contributed by atoms with Crippen LogP contribution >= 0.6 is 0 Å². The summed E-state index contributed by atoms with van der Waals surface area (Å²) < 4.78 is 5.80. The molecule has 0 aliphatic carbocycles. The zero-order chi connectivity index (χ0) is 21.1. The largest absolute Gasteiger partial charge is 0.356 e. The predicted octanol–water partition coefficient (Wildman–Crippen LogP) is 2.24. The van der Waals surface area contributed by atoms with Crippen molar-refractivity contribution in [3.8, 4) is 0 Å². The van der Waals surface area contributed by atoms with E-state index in [-0.39, 0.29) is 18.4 Å². The fraction of sp³-hybridized carbons (Fsp3) is 0.417. The van der Waals surface area contributed by atoms with Crippen molar-refractivity contribution in [2.24, 2.45) is 0 Å². The summed E-state index contributed by atoms with van der Waals surface area (Å²) in [5.74, 6) is -0.128. The summed E-state index contributed by atoms with van der Waals surface area (Å²) in [6.45, 7) is 5.87. The van der Waals surface area contributed by atoms with Crippen LogP contribution in [0, 0.1) is 6.92 Å². The number of piperazine rings is 1. The number of amides is 2. The lowest BCUT2D eigenvalue weighted by Gasteiger charge is -2.42. The highest BCUT2D eigenvalue weighted by molar-refractivity contribution is 5.86. The molecule has 0 radical (unpaired) electrons. The minimum absolute atomic E-state index is 0.0284. The van der Waals surface area contributed by atoms with Crippen LogP contribution in [0.25, 0.3) is 0 Å². The van der Waals surface area contributed by atoms with E-state index in [0.717, 1.165) is 30.8 Å². The number of hydrogen-bond acceptors (Lipinski definition) is 4. The van der Waals surface area contributed by atoms with Gasteiger partial charge in [-0.3, -0.25) is 14.5 Å². The van der Waals surface area contributed by atoms with Gasteiger partial charge < -0.3 is 14.5 Å². The van der Waals surface area contributed by atoms with Crippen LogP contribution in [0.15, 0.2) is 54.6 Å². The van der Waals surface area contributed by atoms with E-state index in [2.05, 4.69) is 29.2 Å². The van der Waals surface area contributed by atoms with Gasteiger partial charge in [-0.15, -0.1) is 0 Å². The molecule has 6 heteroatoms. The molecule has 2 amide bonds. The van der Waals surface area contributed by atoms with Crippen molar-refractivity contribution in [3.63, 3.8) is 0 Å². The van der Waals surface area contributed by atoms with Crippen LogP contribution in [-0.2, 0) is 20.9 Å². The molecule has 2 aromatic rings. The average Bonchev–Trinajstić information content (AvgIpc) is 2.77. The Morgan fingerprint density at radius 3 is 2.33 bits per heavy atom. The molecule has 2 atom stereocenters. The lowest BCUT2D eigenvalue weighted by Crippen LogP contribution is -2.57. The fourth-order valence-corrected chi connectivity index (χ4v) is 4.23. The highest BCUT2D eigenvalue weighted by Crippen LogP contribution is 2.30. The van der Waals surface area contributed by atoms with E-state index in [4.69, 9.17) is 4.74 Å². The maximum absolute atomic E-state index is 13.4. The number of morpholine rings is 1. The number of carbonyl (C=O) groups excluding carboxylic acids is 2. The number of ether oxygens (including phenoxy) is 1. The van der Waals surface area contributed by atoms with Crippen LogP contribution in [0.2, 0.25) is 0 Å². The van der Waals surface area contributed by atoms with Crippen molar-refractivity contribution in [2.75, 3.05) is 39.8 Å². The molecule has 0 bridgehead atoms. The van der Waals surface area contributed by atoms with Crippen LogP contribution < -0.4 is 0 Å². The van der Waals surface area contributed by atoms with Gasteiger partial charge in [-0.2, -0.15) is 0 Å². The zero-order valence-electron chi connectivity index (χ0n) is 17.7. The zero-order valence-corrected chi connectivity index (χ0v) is 17.7. The number of aryl methyl sites for hydroxylation is 1. The fourth-order valence-electron chi connectivity index (χ4n) is 4.23. The molecular weight excluding hydrogens is 378 g/mol. The summed E-state index contributed by atoms with van der Waals surface area (Å²) in [6.07, 6.45) is -0.670. The summed E-state index contributed by atoms with van der Waals surface area (Å²) in [6, 6.07) is 18.0. The van der Waals surface area contributed by atoms with Crippen LogP contribution in [0.4, 0.5) is 0 Å². The van der Waals surface area contributed by atoms with Gasteiger partial charge in [-0.05, 0) is 18.1 Å². The van der Waals surface area contributed by atoms with Crippen molar-refractivity contribution in [3.05, 3.63) is 71.3 Å². The van der Waals surface area contributed by atoms with E-state index in [0.29, 0.717) is 13.1 Å². The standard InChI is InChI=1S/C24H29N3O3/c1-18-8-10-20(11-9-18)22-23(30-17-21(28)25(22)2)24(29)27-14-12-26(13-15-27)16-19-6-4-3-5-7-19/h3-11,22-23H,12-17H2,1-2H3. The van der Waals surface area contributed by atoms with Crippen LogP contribution in [0.1, 0.15) is 22.7 Å². The molecule has 0 saturated carbocycles. The summed E-state index contributed by atoms with van der Waals surface area (Å²) in [4.78, 5) is 31.6. The third kappa shape index (κ3) is 4.40. The van der Waals surface area contributed by atoms with Gasteiger partial charge in [0, 0.05) is 39.8 Å². The number of nitrogens with zero attached hydrogens (tertiary/aromatic N) is 3. The van der Waals surface area contributed by atoms with E-state index in [1.165, 1.54) is 5.56 Å². The number of carbonyl (C=O) groups is 2. The molecule has 2 fully saturated rings. The number of benzene rings is 2. The minimum atomic E-state index is -0.670. The van der Waals surface area contributed by atoms with Crippen LogP contribution in [0.5, 0.6) is 0 Å². The Hall–Kier alpha value is -2.70. The molecule has 2 aromatic carbocycles. The monoisotopic (exact) mass is 407 g/mol. The van der Waals surface area contributed by atoms with Gasteiger partial charge in [-0.1, -0.05) is 60.2 Å². The molecule has 4 rings (SSSR count). The smallest absolute Gasteiger partial charge is 0.254 e. The molecule has 2 aliphatic heterocycles. The average molecular weight is 408 g/mol. The summed E-state index contributed by atoms with van der Waals surface area (Å²) in [5.41, 5.74) is 3.35. The highest BCUT2D eigenvalue weighted by Gasteiger charge is 2.42. The summed E-state index contributed by atoms with van der Waals surface area (Å²) >= 11 is 0. The normalized spacial score (nSPS) is 22.9. The molecule has 30 heavy (non-hydrogen) atoms.